The number of anilines is 8. The predicted molar refractivity (Wildman–Crippen MR) is 375 cm³/mol. The van der Waals surface area contributed by atoms with E-state index in [0.717, 1.165) is 51.4 Å². The minimum atomic E-state index is -1.70. The molecule has 8 aromatic rings. The molecule has 96 heavy (non-hydrogen) atoms. The predicted octanol–water partition coefficient (Wildman–Crippen LogP) is 14.4. The van der Waals surface area contributed by atoms with Crippen molar-refractivity contribution in [3.63, 3.8) is 0 Å². The summed E-state index contributed by atoms with van der Waals surface area (Å²) in [5, 5.41) is 13.6. The lowest BCUT2D eigenvalue weighted by molar-refractivity contribution is 0.206. The fourth-order valence-electron chi connectivity index (χ4n) is 10.1. The number of aromatic nitrogens is 12. The highest BCUT2D eigenvalue weighted by Crippen LogP contribution is 2.37. The van der Waals surface area contributed by atoms with Crippen molar-refractivity contribution in [2.24, 2.45) is 11.8 Å². The summed E-state index contributed by atoms with van der Waals surface area (Å²) in [7, 11) is 0. The van der Waals surface area contributed by atoms with Gasteiger partial charge in [-0.2, -0.15) is 59.8 Å². The summed E-state index contributed by atoms with van der Waals surface area (Å²) in [4.78, 5) is 48.5. The van der Waals surface area contributed by atoms with Crippen LogP contribution < -0.4 is 48.9 Å². The van der Waals surface area contributed by atoms with E-state index in [1.165, 1.54) is 104 Å². The van der Waals surface area contributed by atoms with Crippen molar-refractivity contribution in [2.75, 3.05) is 50.8 Å². The molecule has 0 aliphatic heterocycles. The van der Waals surface area contributed by atoms with Crippen molar-refractivity contribution in [3.05, 3.63) is 160 Å². The van der Waals surface area contributed by atoms with Crippen LogP contribution in [0.15, 0.2) is 115 Å². The van der Waals surface area contributed by atoms with E-state index in [2.05, 4.69) is 149 Å². The van der Waals surface area contributed by atoms with Crippen LogP contribution in [-0.4, -0.2) is 90.6 Å². The standard InChI is InChI=1S/2C19H26FN5.C17H24FN5.C15H19ClFN5O/c1-19(2,20)16-23-17(21)25-18(24-16)22-15(14-9-6-10-14)12-11-13-7-4-3-5-8-13;1-19(2,20)16-23-17(21)25-18(24-16)22-15(14-11-12-14)10-6-9-13-7-4-3-5-8-13;1-4-13(11-10-12-8-6-5-7-9-12)20-16-22-14(17(2,3)18)21-15(19)23-16;1-9(8-23-11-6-4-5-10(16)7-11)19-14-21-12(15(2,3)17)20-13(18)22-14/h2*3-5,7-8,14-15H,6,9-12H2,1-2H3,(H3,21,22,23,24,25);5-9,13H,4,10-11H2,1-3H3,(H3,19,20,21,22,23);4-7,9H,8H2,1-3H3,(H3,18,19,20,21,22). The summed E-state index contributed by atoms with van der Waals surface area (Å²) >= 11 is 5.90. The van der Waals surface area contributed by atoms with Gasteiger partial charge in [0.2, 0.25) is 47.6 Å². The number of halogens is 5. The first-order chi connectivity index (χ1) is 45.4. The van der Waals surface area contributed by atoms with Gasteiger partial charge in [-0.3, -0.25) is 0 Å². The van der Waals surface area contributed by atoms with Crippen molar-refractivity contribution in [2.45, 2.75) is 200 Å². The molecule has 0 bridgehead atoms. The number of alkyl halides is 4. The molecule has 4 unspecified atom stereocenters. The molecule has 0 radical (unpaired) electrons. The first-order valence-corrected chi connectivity index (χ1v) is 33.2. The summed E-state index contributed by atoms with van der Waals surface area (Å²) in [5.41, 5.74) is 20.1. The second kappa shape index (κ2) is 34.7. The van der Waals surface area contributed by atoms with Crippen LogP contribution >= 0.6 is 11.6 Å². The highest BCUT2D eigenvalue weighted by Gasteiger charge is 2.34. The number of hydrogen-bond donors (Lipinski definition) is 8. The minimum absolute atomic E-state index is 0.0181. The third kappa shape index (κ3) is 25.7. The molecule has 26 heteroatoms. The Labute approximate surface area is 567 Å². The average molecular weight is 1340 g/mol. The normalized spacial score (nSPS) is 14.5. The van der Waals surface area contributed by atoms with Crippen LogP contribution in [0.3, 0.4) is 0 Å². The van der Waals surface area contributed by atoms with Gasteiger partial charge in [-0.05, 0) is 186 Å². The molecule has 2 aliphatic rings. The van der Waals surface area contributed by atoms with Crippen LogP contribution in [0, 0.1) is 11.8 Å². The third-order valence-corrected chi connectivity index (χ3v) is 16.0. The molecule has 21 nitrogen and oxygen atoms in total. The van der Waals surface area contributed by atoms with Gasteiger partial charge in [0.25, 0.3) is 0 Å². The fourth-order valence-corrected chi connectivity index (χ4v) is 10.3. The molecule has 2 saturated carbocycles. The van der Waals surface area contributed by atoms with Gasteiger partial charge < -0.3 is 48.9 Å². The molecule has 12 N–H and O–H groups in total. The Morgan fingerprint density at radius 3 is 1.21 bits per heavy atom. The lowest BCUT2D eigenvalue weighted by atomic mass is 9.78. The van der Waals surface area contributed by atoms with Crippen LogP contribution in [0.25, 0.3) is 0 Å². The Morgan fingerprint density at radius 1 is 0.458 bits per heavy atom. The van der Waals surface area contributed by atoms with Gasteiger partial charge in [0, 0.05) is 23.1 Å². The first-order valence-electron chi connectivity index (χ1n) is 32.9. The van der Waals surface area contributed by atoms with Gasteiger partial charge in [0.15, 0.2) is 46.0 Å². The number of nitrogens with one attached hydrogen (secondary N) is 4. The van der Waals surface area contributed by atoms with Crippen LogP contribution in [0.4, 0.5) is 65.1 Å². The average Bonchev–Trinajstić information content (AvgIpc) is 1.03. The Bertz CT molecular complexity index is 3650. The number of rotatable bonds is 28. The number of hydrogen-bond acceptors (Lipinski definition) is 21. The van der Waals surface area contributed by atoms with Crippen molar-refractivity contribution in [3.8, 4) is 5.75 Å². The molecule has 0 amide bonds. The molecular formula is C70H95ClF4N20O. The lowest BCUT2D eigenvalue weighted by Gasteiger charge is -2.34. The van der Waals surface area contributed by atoms with Crippen LogP contribution in [-0.2, 0) is 41.9 Å². The second-order valence-corrected chi connectivity index (χ2v) is 26.7. The van der Waals surface area contributed by atoms with Crippen LogP contribution in [0.2, 0.25) is 5.02 Å². The van der Waals surface area contributed by atoms with Gasteiger partial charge in [0.05, 0.1) is 6.04 Å². The summed E-state index contributed by atoms with van der Waals surface area (Å²) in [6.07, 6.45) is 14.0. The van der Waals surface area contributed by atoms with Gasteiger partial charge in [-0.25, -0.2) is 17.6 Å². The molecule has 4 heterocycles. The maximum absolute atomic E-state index is 14.2. The summed E-state index contributed by atoms with van der Waals surface area (Å²) < 4.78 is 61.9. The Morgan fingerprint density at radius 2 is 0.833 bits per heavy atom. The zero-order valence-electron chi connectivity index (χ0n) is 56.8. The van der Waals surface area contributed by atoms with Crippen molar-refractivity contribution in [1.82, 2.24) is 59.8 Å². The Balaban J connectivity index is 0.000000181. The van der Waals surface area contributed by atoms with E-state index in [9.17, 15) is 17.6 Å². The molecule has 10 rings (SSSR count). The van der Waals surface area contributed by atoms with E-state index in [-0.39, 0.29) is 71.2 Å². The molecule has 0 spiro atoms. The maximum Gasteiger partial charge on any atom is 0.228 e. The quantitative estimate of drug-likeness (QED) is 0.0211. The minimum Gasteiger partial charge on any atom is -0.491 e. The molecule has 4 aromatic heterocycles. The SMILES string of the molecule is CC(C)(F)c1nc(N)nc(NC(CCCc2ccccc2)C2CC2)n1.CC(C)(F)c1nc(N)nc(NC(CCc2ccccc2)C2CCC2)n1.CC(COc1cccc(Cl)c1)Nc1nc(N)nc(C(C)(C)F)n1.CCC(CCc1ccccc1)Nc1nc(N)nc(C(C)(C)F)n1. The highest BCUT2D eigenvalue weighted by atomic mass is 35.5. The summed E-state index contributed by atoms with van der Waals surface area (Å²) in [5.74, 6) is 3.45. The molecule has 2 fully saturated rings. The van der Waals surface area contributed by atoms with Crippen molar-refractivity contribution in [1.29, 1.82) is 0 Å². The van der Waals surface area contributed by atoms with E-state index in [0.29, 0.717) is 53.1 Å². The summed E-state index contributed by atoms with van der Waals surface area (Å²) in [6.45, 7) is 15.5. The van der Waals surface area contributed by atoms with Crippen molar-refractivity contribution < 1.29 is 22.3 Å². The zero-order chi connectivity index (χ0) is 69.6. The smallest absolute Gasteiger partial charge is 0.228 e. The number of nitrogens with zero attached hydrogens (tertiary/aromatic N) is 12. The maximum atomic E-state index is 14.2. The van der Waals surface area contributed by atoms with Crippen LogP contribution in [0.5, 0.6) is 5.75 Å². The number of ether oxygens (including phenoxy) is 1. The highest BCUT2D eigenvalue weighted by molar-refractivity contribution is 6.30. The second-order valence-electron chi connectivity index (χ2n) is 26.3. The monoisotopic (exact) mass is 1340 g/mol. The number of nitrogen functional groups attached to an aromatic ring is 4. The molecular weight excluding hydrogens is 1250 g/mol. The largest absolute Gasteiger partial charge is 0.491 e. The van der Waals surface area contributed by atoms with E-state index in [4.69, 9.17) is 39.3 Å². The van der Waals surface area contributed by atoms with Gasteiger partial charge in [-0.1, -0.05) is 122 Å². The molecule has 516 valence electrons. The Hall–Kier alpha value is -8.87. The molecule has 2 aliphatic carbocycles. The van der Waals surface area contributed by atoms with E-state index in [1.807, 2.05) is 43.3 Å². The molecule has 4 aromatic carbocycles. The van der Waals surface area contributed by atoms with Crippen LogP contribution in [0.1, 0.15) is 173 Å². The molecule has 0 saturated heterocycles. The topological polar surface area (TPSA) is 316 Å². The van der Waals surface area contributed by atoms with E-state index in [1.54, 1.807) is 18.2 Å². The lowest BCUT2D eigenvalue weighted by Crippen LogP contribution is -2.35. The first kappa shape index (κ1) is 74.5. The van der Waals surface area contributed by atoms with Gasteiger partial charge in [-0.15, -0.1) is 0 Å². The number of benzene rings is 4. The van der Waals surface area contributed by atoms with E-state index < -0.39 is 22.7 Å². The number of nitrogens with two attached hydrogens (primary N) is 4. The molecule has 4 atom stereocenters. The Kier molecular flexibility index (Phi) is 26.9. The fraction of sp³-hybridized carbons (Fsp3) is 0.486. The third-order valence-electron chi connectivity index (χ3n) is 15.8. The zero-order valence-corrected chi connectivity index (χ0v) is 57.6. The summed E-state index contributed by atoms with van der Waals surface area (Å²) in [6, 6.07) is 38.9. The van der Waals surface area contributed by atoms with Gasteiger partial charge in [0.1, 0.15) is 12.4 Å². The van der Waals surface area contributed by atoms with Gasteiger partial charge >= 0.3 is 0 Å². The van der Waals surface area contributed by atoms with E-state index >= 15 is 0 Å². The number of aryl methyl sites for hydroxylation is 3. The van der Waals surface area contributed by atoms with Crippen molar-refractivity contribution >= 4 is 59.2 Å².